The molecule has 0 aliphatic carbocycles. The van der Waals surface area contributed by atoms with Gasteiger partial charge in [0.05, 0.1) is 0 Å². The van der Waals surface area contributed by atoms with Crippen molar-refractivity contribution in [3.05, 3.63) is 22.8 Å². The minimum absolute atomic E-state index is 0.309. The fraction of sp³-hybridized carbons (Fsp3) is 0.375. The van der Waals surface area contributed by atoms with E-state index in [1.165, 1.54) is 11.1 Å². The lowest BCUT2D eigenvalue weighted by atomic mass is 10.1. The van der Waals surface area contributed by atoms with Crippen molar-refractivity contribution >= 4 is 25.4 Å². The van der Waals surface area contributed by atoms with Crippen LogP contribution in [0.2, 0.25) is 0 Å². The van der Waals surface area contributed by atoms with Gasteiger partial charge in [-0.25, -0.2) is 0 Å². The van der Waals surface area contributed by atoms with Crippen LogP contribution in [0.4, 0.5) is 0 Å². The predicted molar refractivity (Wildman–Crippen MR) is 55.5 cm³/mol. The van der Waals surface area contributed by atoms with E-state index in [2.05, 4.69) is 36.8 Å². The Labute approximate surface area is 73.6 Å². The molecule has 2 aliphatic heterocycles. The van der Waals surface area contributed by atoms with Crippen molar-refractivity contribution in [3.63, 3.8) is 0 Å². The number of allylic oxidation sites excluding steroid dienone is 2. The molecule has 0 amide bonds. The SMILES string of the molecule is CC1=CSS2=C1C(C)=CN2C. The highest BCUT2D eigenvalue weighted by molar-refractivity contribution is 8.84. The lowest BCUT2D eigenvalue weighted by molar-refractivity contribution is 0.782. The Morgan fingerprint density at radius 3 is 2.73 bits per heavy atom. The Bertz CT molecular complexity index is 299. The zero-order valence-corrected chi connectivity index (χ0v) is 8.55. The van der Waals surface area contributed by atoms with E-state index in [0.717, 1.165) is 0 Å². The average Bonchev–Trinajstić information content (AvgIpc) is 2.41. The first-order valence-electron chi connectivity index (χ1n) is 3.57. The normalized spacial score (nSPS) is 28.8. The third kappa shape index (κ3) is 0.983. The Morgan fingerprint density at radius 2 is 2.09 bits per heavy atom. The van der Waals surface area contributed by atoms with Gasteiger partial charge in [-0.1, -0.05) is 10.8 Å². The summed E-state index contributed by atoms with van der Waals surface area (Å²) < 4.78 is 2.31. The van der Waals surface area contributed by atoms with Crippen molar-refractivity contribution in [2.45, 2.75) is 13.8 Å². The minimum atomic E-state index is 0.309. The van der Waals surface area contributed by atoms with Crippen LogP contribution in [0.25, 0.3) is 0 Å². The molecule has 0 bridgehead atoms. The second-order valence-corrected chi connectivity index (χ2v) is 6.27. The summed E-state index contributed by atoms with van der Waals surface area (Å²) in [6.45, 7) is 4.40. The predicted octanol–water partition coefficient (Wildman–Crippen LogP) is 2.76. The molecule has 0 aromatic carbocycles. The van der Waals surface area contributed by atoms with Gasteiger partial charge in [0.25, 0.3) is 0 Å². The van der Waals surface area contributed by atoms with E-state index in [4.69, 9.17) is 0 Å². The van der Waals surface area contributed by atoms with E-state index in [-0.39, 0.29) is 0 Å². The second kappa shape index (κ2) is 2.42. The molecule has 1 atom stereocenters. The van der Waals surface area contributed by atoms with E-state index in [1.807, 2.05) is 10.8 Å². The maximum Gasteiger partial charge on any atom is 0.0356 e. The molecule has 0 N–H and O–H groups in total. The van der Waals surface area contributed by atoms with Gasteiger partial charge in [0.15, 0.2) is 0 Å². The molecule has 0 aromatic rings. The molecule has 0 radical (unpaired) electrons. The largest absolute Gasteiger partial charge is 0.323 e. The smallest absolute Gasteiger partial charge is 0.0356 e. The van der Waals surface area contributed by atoms with Crippen LogP contribution in [-0.2, 0) is 0 Å². The van der Waals surface area contributed by atoms with Gasteiger partial charge in [0, 0.05) is 18.1 Å². The fourth-order valence-electron chi connectivity index (χ4n) is 1.40. The summed E-state index contributed by atoms with van der Waals surface area (Å²) in [5.74, 6) is 0. The first kappa shape index (κ1) is 7.50. The fourth-order valence-corrected chi connectivity index (χ4v) is 5.58. The summed E-state index contributed by atoms with van der Waals surface area (Å²) in [5.41, 5.74) is 2.89. The summed E-state index contributed by atoms with van der Waals surface area (Å²) in [7, 11) is 4.40. The van der Waals surface area contributed by atoms with Gasteiger partial charge in [0.2, 0.25) is 0 Å². The molecule has 0 spiro atoms. The van der Waals surface area contributed by atoms with E-state index in [9.17, 15) is 0 Å². The molecule has 0 saturated heterocycles. The molecule has 2 heterocycles. The average molecular weight is 185 g/mol. The van der Waals surface area contributed by atoms with Crippen LogP contribution in [0, 0.1) is 0 Å². The van der Waals surface area contributed by atoms with E-state index in [0.29, 0.717) is 9.70 Å². The molecular weight excluding hydrogens is 174 g/mol. The molecule has 0 saturated carbocycles. The quantitative estimate of drug-likeness (QED) is 0.422. The zero-order valence-electron chi connectivity index (χ0n) is 6.92. The third-order valence-corrected chi connectivity index (χ3v) is 6.14. The summed E-state index contributed by atoms with van der Waals surface area (Å²) in [5, 5.41) is 2.27. The van der Waals surface area contributed by atoms with Gasteiger partial charge < -0.3 is 4.31 Å². The Balaban J connectivity index is 2.48. The minimum Gasteiger partial charge on any atom is -0.323 e. The summed E-state index contributed by atoms with van der Waals surface area (Å²) in [6, 6.07) is 0. The molecule has 3 heteroatoms. The van der Waals surface area contributed by atoms with Crippen LogP contribution in [0.1, 0.15) is 13.8 Å². The molecular formula is C8H11NS2. The van der Waals surface area contributed by atoms with Crippen molar-refractivity contribution < 1.29 is 0 Å². The number of hydrogen-bond acceptors (Lipinski definition) is 2. The summed E-state index contributed by atoms with van der Waals surface area (Å²) in [4.78, 5) is 1.55. The first-order valence-corrected chi connectivity index (χ1v) is 6.15. The van der Waals surface area contributed by atoms with Gasteiger partial charge in [-0.2, -0.15) is 0 Å². The van der Waals surface area contributed by atoms with Gasteiger partial charge in [-0.15, -0.1) is 0 Å². The van der Waals surface area contributed by atoms with E-state index in [1.54, 1.807) is 4.86 Å². The van der Waals surface area contributed by atoms with Crippen molar-refractivity contribution in [1.29, 1.82) is 0 Å². The Morgan fingerprint density at radius 1 is 1.36 bits per heavy atom. The summed E-state index contributed by atoms with van der Waals surface area (Å²) in [6.07, 6.45) is 2.24. The maximum atomic E-state index is 2.31. The number of rotatable bonds is 0. The van der Waals surface area contributed by atoms with Crippen LogP contribution < -0.4 is 0 Å². The molecule has 2 rings (SSSR count). The zero-order chi connectivity index (χ0) is 8.01. The van der Waals surface area contributed by atoms with Gasteiger partial charge in [-0.05, 0) is 40.1 Å². The molecule has 1 unspecified atom stereocenters. The van der Waals surface area contributed by atoms with Crippen molar-refractivity contribution in [2.24, 2.45) is 0 Å². The molecule has 2 aliphatic rings. The first-order chi connectivity index (χ1) is 5.20. The lowest BCUT2D eigenvalue weighted by Gasteiger charge is -2.10. The molecule has 60 valence electrons. The highest BCUT2D eigenvalue weighted by Gasteiger charge is 2.23. The second-order valence-electron chi connectivity index (χ2n) is 2.83. The highest BCUT2D eigenvalue weighted by Crippen LogP contribution is 2.48. The van der Waals surface area contributed by atoms with Crippen LogP contribution in [-0.4, -0.2) is 16.2 Å². The van der Waals surface area contributed by atoms with Crippen molar-refractivity contribution in [3.8, 4) is 0 Å². The highest BCUT2D eigenvalue weighted by atomic mass is 33.1. The molecule has 1 nitrogen and oxygen atoms in total. The van der Waals surface area contributed by atoms with Gasteiger partial charge in [-0.3, -0.25) is 0 Å². The molecule has 11 heavy (non-hydrogen) atoms. The lowest BCUT2D eigenvalue weighted by Crippen LogP contribution is -1.95. The monoisotopic (exact) mass is 185 g/mol. The Hall–Kier alpha value is -0.150. The number of nitrogens with zero attached hydrogens (tertiary/aromatic N) is 1. The molecule has 0 aromatic heterocycles. The Kier molecular flexibility index (Phi) is 1.65. The van der Waals surface area contributed by atoms with Crippen molar-refractivity contribution in [1.82, 2.24) is 4.31 Å². The molecule has 0 fully saturated rings. The van der Waals surface area contributed by atoms with Crippen LogP contribution >= 0.6 is 20.5 Å². The van der Waals surface area contributed by atoms with E-state index >= 15 is 0 Å². The van der Waals surface area contributed by atoms with Crippen LogP contribution in [0.3, 0.4) is 0 Å². The van der Waals surface area contributed by atoms with E-state index < -0.39 is 0 Å². The van der Waals surface area contributed by atoms with Gasteiger partial charge in [0.1, 0.15) is 0 Å². The van der Waals surface area contributed by atoms with Crippen LogP contribution in [0.15, 0.2) is 22.8 Å². The third-order valence-electron chi connectivity index (χ3n) is 1.84. The topological polar surface area (TPSA) is 3.24 Å². The van der Waals surface area contributed by atoms with Crippen molar-refractivity contribution in [2.75, 3.05) is 7.05 Å². The van der Waals surface area contributed by atoms with Gasteiger partial charge >= 0.3 is 0 Å². The summed E-state index contributed by atoms with van der Waals surface area (Å²) >= 11 is 0. The standard InChI is InChI=1S/C8H11NS2/c1-6-4-9(3)11-8(6)7(2)5-10-11/h4-5H,1-3H3. The van der Waals surface area contributed by atoms with Crippen LogP contribution in [0.5, 0.6) is 0 Å². The maximum absolute atomic E-state index is 2.31. The number of hydrogen-bond donors (Lipinski definition) is 0.